The van der Waals surface area contributed by atoms with Crippen molar-refractivity contribution in [2.75, 3.05) is 17.2 Å². The molecule has 0 fully saturated rings. The quantitative estimate of drug-likeness (QED) is 0.840. The first kappa shape index (κ1) is 16.8. The molecule has 2 aromatic rings. The molecule has 0 spiro atoms. The fourth-order valence-corrected chi connectivity index (χ4v) is 2.11. The summed E-state index contributed by atoms with van der Waals surface area (Å²) in [5, 5.41) is 5.57. The number of nitrogens with one attached hydrogen (secondary N) is 2. The molecule has 0 saturated heterocycles. The number of hydrogen-bond acceptors (Lipinski definition) is 3. The van der Waals surface area contributed by atoms with Gasteiger partial charge in [0.15, 0.2) is 0 Å². The molecule has 0 saturated carbocycles. The van der Waals surface area contributed by atoms with Gasteiger partial charge in [-0.25, -0.2) is 0 Å². The number of aryl methyl sites for hydroxylation is 1. The molecule has 2 rings (SSSR count). The molecule has 0 aliphatic heterocycles. The third kappa shape index (κ3) is 4.47. The van der Waals surface area contributed by atoms with Gasteiger partial charge in [-0.05, 0) is 43.7 Å². The molecule has 5 nitrogen and oxygen atoms in total. The molecule has 2 aromatic carbocycles. The van der Waals surface area contributed by atoms with Crippen LogP contribution in [-0.4, -0.2) is 18.4 Å². The highest BCUT2D eigenvalue weighted by molar-refractivity contribution is 6.44. The zero-order valence-electron chi connectivity index (χ0n) is 12.9. The van der Waals surface area contributed by atoms with Crippen LogP contribution >= 0.6 is 11.6 Å². The lowest BCUT2D eigenvalue weighted by molar-refractivity contribution is -0.133. The lowest BCUT2D eigenvalue weighted by Gasteiger charge is -2.12. The van der Waals surface area contributed by atoms with Crippen LogP contribution in [0.1, 0.15) is 12.5 Å². The Labute approximate surface area is 139 Å². The van der Waals surface area contributed by atoms with E-state index >= 15 is 0 Å². The molecule has 0 unspecified atom stereocenters. The third-order valence-electron chi connectivity index (χ3n) is 3.09. The van der Waals surface area contributed by atoms with E-state index in [1.807, 2.05) is 13.8 Å². The minimum absolute atomic E-state index is 0.442. The minimum Gasteiger partial charge on any atom is -0.492 e. The van der Waals surface area contributed by atoms with Crippen LogP contribution in [0.15, 0.2) is 42.5 Å². The van der Waals surface area contributed by atoms with E-state index in [0.717, 1.165) is 5.56 Å². The highest BCUT2D eigenvalue weighted by Gasteiger charge is 2.16. The zero-order valence-corrected chi connectivity index (χ0v) is 13.6. The highest BCUT2D eigenvalue weighted by atomic mass is 35.5. The van der Waals surface area contributed by atoms with Gasteiger partial charge < -0.3 is 15.4 Å². The summed E-state index contributed by atoms with van der Waals surface area (Å²) in [5.41, 5.74) is 1.75. The van der Waals surface area contributed by atoms with Gasteiger partial charge in [0.1, 0.15) is 5.75 Å². The van der Waals surface area contributed by atoms with Crippen LogP contribution < -0.4 is 15.4 Å². The fourth-order valence-electron chi connectivity index (χ4n) is 1.94. The van der Waals surface area contributed by atoms with Crippen molar-refractivity contribution in [2.45, 2.75) is 13.8 Å². The van der Waals surface area contributed by atoms with E-state index in [2.05, 4.69) is 10.6 Å². The number of anilines is 2. The summed E-state index contributed by atoms with van der Waals surface area (Å²) in [6.45, 7) is 4.11. The predicted molar refractivity (Wildman–Crippen MR) is 91.1 cm³/mol. The van der Waals surface area contributed by atoms with Gasteiger partial charge in [0.05, 0.1) is 12.3 Å². The van der Waals surface area contributed by atoms with Crippen LogP contribution in [0.3, 0.4) is 0 Å². The molecule has 23 heavy (non-hydrogen) atoms. The van der Waals surface area contributed by atoms with Gasteiger partial charge in [-0.3, -0.25) is 9.59 Å². The maximum atomic E-state index is 12.1. The molecule has 0 atom stereocenters. The molecule has 2 N–H and O–H groups in total. The second-order valence-corrected chi connectivity index (χ2v) is 5.23. The first-order chi connectivity index (χ1) is 11.0. The summed E-state index contributed by atoms with van der Waals surface area (Å²) in [6, 6.07) is 12.0. The molecule has 0 aromatic heterocycles. The van der Waals surface area contributed by atoms with E-state index in [1.54, 1.807) is 42.5 Å². The molecule has 0 heterocycles. The summed E-state index contributed by atoms with van der Waals surface area (Å²) in [5.74, 6) is -1.05. The van der Waals surface area contributed by atoms with Crippen LogP contribution in [0.5, 0.6) is 5.75 Å². The normalized spacial score (nSPS) is 10.0. The van der Waals surface area contributed by atoms with Gasteiger partial charge in [-0.15, -0.1) is 0 Å². The van der Waals surface area contributed by atoms with Crippen molar-refractivity contribution in [3.8, 4) is 5.75 Å². The van der Waals surface area contributed by atoms with Gasteiger partial charge in [-0.2, -0.15) is 0 Å². The summed E-state index contributed by atoms with van der Waals surface area (Å²) < 4.78 is 5.41. The highest BCUT2D eigenvalue weighted by Crippen LogP contribution is 2.24. The maximum Gasteiger partial charge on any atom is 0.314 e. The molecule has 2 amide bonds. The zero-order chi connectivity index (χ0) is 16.8. The number of ether oxygens (including phenoxy) is 1. The largest absolute Gasteiger partial charge is 0.492 e. The number of hydrogen-bond donors (Lipinski definition) is 2. The number of carbonyl (C=O) groups is 2. The fraction of sp³-hybridized carbons (Fsp3) is 0.176. The summed E-state index contributed by atoms with van der Waals surface area (Å²) in [6.07, 6.45) is 0. The van der Waals surface area contributed by atoms with E-state index in [4.69, 9.17) is 16.3 Å². The SMILES string of the molecule is CCOc1ccccc1NC(=O)C(=O)Nc1cc(Cl)ccc1C. The van der Waals surface area contributed by atoms with E-state index in [-0.39, 0.29) is 0 Å². The molecule has 120 valence electrons. The van der Waals surface area contributed by atoms with Crippen molar-refractivity contribution < 1.29 is 14.3 Å². The van der Waals surface area contributed by atoms with Gasteiger partial charge in [0.25, 0.3) is 0 Å². The number of para-hydroxylation sites is 2. The Kier molecular flexibility index (Phi) is 5.60. The number of carbonyl (C=O) groups excluding carboxylic acids is 2. The Hall–Kier alpha value is -2.53. The lowest BCUT2D eigenvalue weighted by atomic mass is 10.2. The Bertz CT molecular complexity index is 732. The van der Waals surface area contributed by atoms with E-state index in [1.165, 1.54) is 0 Å². The van der Waals surface area contributed by atoms with Crippen LogP contribution in [-0.2, 0) is 9.59 Å². The minimum atomic E-state index is -0.781. The topological polar surface area (TPSA) is 67.4 Å². The van der Waals surface area contributed by atoms with Crippen molar-refractivity contribution in [1.29, 1.82) is 0 Å². The monoisotopic (exact) mass is 332 g/mol. The number of benzene rings is 2. The summed E-state index contributed by atoms with van der Waals surface area (Å²) in [4.78, 5) is 24.1. The van der Waals surface area contributed by atoms with Gasteiger partial charge in [0, 0.05) is 10.7 Å². The third-order valence-corrected chi connectivity index (χ3v) is 3.32. The molecule has 0 aliphatic rings. The summed E-state index contributed by atoms with van der Waals surface area (Å²) in [7, 11) is 0. The standard InChI is InChI=1S/C17H17ClN2O3/c1-3-23-15-7-5-4-6-13(15)19-16(21)17(22)20-14-10-12(18)9-8-11(14)2/h4-10H,3H2,1-2H3,(H,19,21)(H,20,22). The molecule has 0 bridgehead atoms. The molecular formula is C17H17ClN2O3. The molecule has 6 heteroatoms. The maximum absolute atomic E-state index is 12.1. The number of halogens is 1. The first-order valence-corrected chi connectivity index (χ1v) is 7.49. The average Bonchev–Trinajstić information content (AvgIpc) is 2.53. The first-order valence-electron chi connectivity index (χ1n) is 7.11. The van der Waals surface area contributed by atoms with Crippen molar-refractivity contribution in [2.24, 2.45) is 0 Å². The van der Waals surface area contributed by atoms with Crippen molar-refractivity contribution in [3.05, 3.63) is 53.1 Å². The average molecular weight is 333 g/mol. The van der Waals surface area contributed by atoms with Crippen LogP contribution in [0.4, 0.5) is 11.4 Å². The smallest absolute Gasteiger partial charge is 0.314 e. The van der Waals surface area contributed by atoms with Crippen LogP contribution in [0.2, 0.25) is 5.02 Å². The Morgan fingerprint density at radius 3 is 2.39 bits per heavy atom. The van der Waals surface area contributed by atoms with Gasteiger partial charge in [0.2, 0.25) is 0 Å². The van der Waals surface area contributed by atoms with Gasteiger partial charge in [-0.1, -0.05) is 29.8 Å². The van der Waals surface area contributed by atoms with Crippen LogP contribution in [0.25, 0.3) is 0 Å². The van der Waals surface area contributed by atoms with Crippen molar-refractivity contribution in [3.63, 3.8) is 0 Å². The molecule has 0 aliphatic carbocycles. The van der Waals surface area contributed by atoms with Crippen molar-refractivity contribution in [1.82, 2.24) is 0 Å². The van der Waals surface area contributed by atoms with Crippen molar-refractivity contribution >= 4 is 34.8 Å². The summed E-state index contributed by atoms with van der Waals surface area (Å²) >= 11 is 5.90. The number of rotatable bonds is 4. The Morgan fingerprint density at radius 1 is 1.04 bits per heavy atom. The predicted octanol–water partition coefficient (Wildman–Crippen LogP) is 3.62. The second kappa shape index (κ2) is 7.65. The van der Waals surface area contributed by atoms with Gasteiger partial charge >= 0.3 is 11.8 Å². The van der Waals surface area contributed by atoms with E-state index in [0.29, 0.717) is 28.8 Å². The van der Waals surface area contributed by atoms with Crippen LogP contribution in [0, 0.1) is 6.92 Å². The molecular weight excluding hydrogens is 316 g/mol. The van der Waals surface area contributed by atoms with E-state index < -0.39 is 11.8 Å². The lowest BCUT2D eigenvalue weighted by Crippen LogP contribution is -2.29. The second-order valence-electron chi connectivity index (χ2n) is 4.80. The Balaban J connectivity index is 2.09. The molecule has 0 radical (unpaired) electrons. The van der Waals surface area contributed by atoms with E-state index in [9.17, 15) is 9.59 Å². The Morgan fingerprint density at radius 2 is 1.70 bits per heavy atom. The number of amides is 2.